The maximum absolute atomic E-state index is 9.08. The van der Waals surface area contributed by atoms with Crippen LogP contribution in [0.15, 0.2) is 55.1 Å². The van der Waals surface area contributed by atoms with Crippen molar-refractivity contribution < 1.29 is 0 Å². The average molecular weight is 219 g/mol. The lowest BCUT2D eigenvalue weighted by molar-refractivity contribution is 1.42. The van der Waals surface area contributed by atoms with E-state index in [1.165, 1.54) is 5.56 Å². The molecule has 0 saturated carbocycles. The molecule has 2 aromatic rings. The molecule has 0 unspecified atom stereocenters. The van der Waals surface area contributed by atoms with E-state index in [1.807, 2.05) is 49.4 Å². The summed E-state index contributed by atoms with van der Waals surface area (Å²) in [5.41, 5.74) is 4.72. The highest BCUT2D eigenvalue weighted by atomic mass is 14.2. The number of benzene rings is 2. The molecule has 0 aliphatic carbocycles. The molecule has 0 atom stereocenters. The van der Waals surface area contributed by atoms with Crippen LogP contribution in [-0.2, 0) is 0 Å². The number of hydrogen-bond donors (Lipinski definition) is 0. The molecule has 0 amide bonds. The smallest absolute Gasteiger partial charge is 0.0998 e. The Balaban J connectivity index is 2.48. The summed E-state index contributed by atoms with van der Waals surface area (Å²) in [6, 6.07) is 17.9. The fraction of sp³-hybridized carbons (Fsp3) is 0.0625. The number of nitrogens with zero attached hydrogens (tertiary/aromatic N) is 1. The van der Waals surface area contributed by atoms with Gasteiger partial charge in [0.15, 0.2) is 0 Å². The molecule has 0 aromatic heterocycles. The first kappa shape index (κ1) is 11.2. The van der Waals surface area contributed by atoms with E-state index in [9.17, 15) is 0 Å². The van der Waals surface area contributed by atoms with Crippen molar-refractivity contribution in [2.24, 2.45) is 0 Å². The van der Waals surface area contributed by atoms with Crippen LogP contribution in [0.25, 0.3) is 5.57 Å². The Bertz CT molecular complexity index is 603. The SMILES string of the molecule is C=C(c1cccc(C)c1)c1ccccc1C#N. The highest BCUT2D eigenvalue weighted by Gasteiger charge is 2.06. The molecule has 0 aliphatic heterocycles. The monoisotopic (exact) mass is 219 g/mol. The molecule has 0 N–H and O–H groups in total. The first-order chi connectivity index (χ1) is 8.22. The minimum absolute atomic E-state index is 0.666. The van der Waals surface area contributed by atoms with Crippen molar-refractivity contribution in [2.45, 2.75) is 6.92 Å². The van der Waals surface area contributed by atoms with E-state index >= 15 is 0 Å². The van der Waals surface area contributed by atoms with Gasteiger partial charge in [-0.1, -0.05) is 54.6 Å². The minimum atomic E-state index is 0.666. The molecular weight excluding hydrogens is 206 g/mol. The van der Waals surface area contributed by atoms with Gasteiger partial charge >= 0.3 is 0 Å². The van der Waals surface area contributed by atoms with Crippen LogP contribution in [0.5, 0.6) is 0 Å². The Morgan fingerprint density at radius 1 is 1.12 bits per heavy atom. The third kappa shape index (κ3) is 2.26. The minimum Gasteiger partial charge on any atom is -0.192 e. The molecular formula is C16H13N. The highest BCUT2D eigenvalue weighted by molar-refractivity contribution is 5.81. The normalized spacial score (nSPS) is 9.65. The van der Waals surface area contributed by atoms with Crippen molar-refractivity contribution in [3.63, 3.8) is 0 Å². The maximum Gasteiger partial charge on any atom is 0.0998 e. The maximum atomic E-state index is 9.08. The van der Waals surface area contributed by atoms with Crippen LogP contribution in [0.4, 0.5) is 0 Å². The van der Waals surface area contributed by atoms with E-state index in [-0.39, 0.29) is 0 Å². The second kappa shape index (κ2) is 4.67. The summed E-state index contributed by atoms with van der Waals surface area (Å²) in [6.07, 6.45) is 0. The molecule has 0 saturated heterocycles. The zero-order chi connectivity index (χ0) is 12.3. The van der Waals surface area contributed by atoms with Gasteiger partial charge in [0.1, 0.15) is 0 Å². The zero-order valence-corrected chi connectivity index (χ0v) is 9.77. The molecule has 0 aliphatic rings. The standard InChI is InChI=1S/C16H13N/c1-12-6-5-8-14(10-12)13(2)16-9-4-3-7-15(16)11-17/h3-10H,2H2,1H3. The predicted molar refractivity (Wildman–Crippen MR) is 70.5 cm³/mol. The lowest BCUT2D eigenvalue weighted by atomic mass is 9.95. The molecule has 82 valence electrons. The van der Waals surface area contributed by atoms with Crippen LogP contribution in [0, 0.1) is 18.3 Å². The van der Waals surface area contributed by atoms with Crippen molar-refractivity contribution in [3.05, 3.63) is 77.4 Å². The van der Waals surface area contributed by atoms with E-state index in [4.69, 9.17) is 5.26 Å². The largest absolute Gasteiger partial charge is 0.192 e. The van der Waals surface area contributed by atoms with Crippen LogP contribution in [0.1, 0.15) is 22.3 Å². The summed E-state index contributed by atoms with van der Waals surface area (Å²) in [7, 11) is 0. The third-order valence-corrected chi connectivity index (χ3v) is 2.74. The Hall–Kier alpha value is -2.33. The molecule has 2 aromatic carbocycles. The summed E-state index contributed by atoms with van der Waals surface area (Å²) in [6.45, 7) is 6.14. The van der Waals surface area contributed by atoms with Gasteiger partial charge in [0.25, 0.3) is 0 Å². The van der Waals surface area contributed by atoms with Gasteiger partial charge in [0, 0.05) is 0 Å². The van der Waals surface area contributed by atoms with Crippen molar-refractivity contribution in [1.29, 1.82) is 5.26 Å². The van der Waals surface area contributed by atoms with Crippen molar-refractivity contribution in [2.75, 3.05) is 0 Å². The number of aryl methyl sites for hydroxylation is 1. The number of nitriles is 1. The summed E-state index contributed by atoms with van der Waals surface area (Å²) in [5.74, 6) is 0. The second-order valence-electron chi connectivity index (χ2n) is 4.01. The van der Waals surface area contributed by atoms with Gasteiger partial charge in [-0.2, -0.15) is 5.26 Å². The van der Waals surface area contributed by atoms with Gasteiger partial charge in [-0.05, 0) is 29.7 Å². The average Bonchev–Trinajstić information content (AvgIpc) is 2.38. The van der Waals surface area contributed by atoms with Crippen molar-refractivity contribution in [3.8, 4) is 6.07 Å². The summed E-state index contributed by atoms with van der Waals surface area (Å²) in [4.78, 5) is 0. The predicted octanol–water partition coefficient (Wildman–Crippen LogP) is 3.93. The molecule has 1 heteroatoms. The molecule has 0 radical (unpaired) electrons. The van der Waals surface area contributed by atoms with Gasteiger partial charge in [-0.25, -0.2) is 0 Å². The van der Waals surface area contributed by atoms with Gasteiger partial charge in [0.05, 0.1) is 11.6 Å². The topological polar surface area (TPSA) is 23.8 Å². The van der Waals surface area contributed by atoms with E-state index in [2.05, 4.69) is 18.7 Å². The first-order valence-corrected chi connectivity index (χ1v) is 5.48. The van der Waals surface area contributed by atoms with Crippen LogP contribution >= 0.6 is 0 Å². The summed E-state index contributed by atoms with van der Waals surface area (Å²) < 4.78 is 0. The third-order valence-electron chi connectivity index (χ3n) is 2.74. The van der Waals surface area contributed by atoms with Gasteiger partial charge < -0.3 is 0 Å². The second-order valence-corrected chi connectivity index (χ2v) is 4.01. The van der Waals surface area contributed by atoms with Gasteiger partial charge in [-0.15, -0.1) is 0 Å². The van der Waals surface area contributed by atoms with Crippen LogP contribution in [0.3, 0.4) is 0 Å². The molecule has 1 nitrogen and oxygen atoms in total. The number of rotatable bonds is 2. The first-order valence-electron chi connectivity index (χ1n) is 5.48. The lowest BCUT2D eigenvalue weighted by Crippen LogP contribution is -1.90. The van der Waals surface area contributed by atoms with E-state index in [0.717, 1.165) is 16.7 Å². The zero-order valence-electron chi connectivity index (χ0n) is 9.77. The Labute approximate surface area is 102 Å². The molecule has 0 bridgehead atoms. The van der Waals surface area contributed by atoms with Crippen molar-refractivity contribution in [1.82, 2.24) is 0 Å². The molecule has 17 heavy (non-hydrogen) atoms. The molecule has 0 heterocycles. The Morgan fingerprint density at radius 2 is 1.88 bits per heavy atom. The van der Waals surface area contributed by atoms with Gasteiger partial charge in [-0.3, -0.25) is 0 Å². The van der Waals surface area contributed by atoms with Crippen LogP contribution < -0.4 is 0 Å². The fourth-order valence-corrected chi connectivity index (χ4v) is 1.83. The van der Waals surface area contributed by atoms with Crippen LogP contribution in [0.2, 0.25) is 0 Å². The molecule has 0 spiro atoms. The van der Waals surface area contributed by atoms with E-state index < -0.39 is 0 Å². The molecule has 0 fully saturated rings. The fourth-order valence-electron chi connectivity index (χ4n) is 1.83. The Morgan fingerprint density at radius 3 is 2.59 bits per heavy atom. The highest BCUT2D eigenvalue weighted by Crippen LogP contribution is 2.24. The quantitative estimate of drug-likeness (QED) is 0.750. The van der Waals surface area contributed by atoms with E-state index in [1.54, 1.807) is 0 Å². The lowest BCUT2D eigenvalue weighted by Gasteiger charge is -2.08. The Kier molecular flexibility index (Phi) is 3.07. The summed E-state index contributed by atoms with van der Waals surface area (Å²) in [5, 5.41) is 9.08. The van der Waals surface area contributed by atoms with Gasteiger partial charge in [0.2, 0.25) is 0 Å². The number of hydrogen-bond acceptors (Lipinski definition) is 1. The molecule has 2 rings (SSSR count). The van der Waals surface area contributed by atoms with Crippen molar-refractivity contribution >= 4 is 5.57 Å². The van der Waals surface area contributed by atoms with Crippen LogP contribution in [-0.4, -0.2) is 0 Å². The summed E-state index contributed by atoms with van der Waals surface area (Å²) >= 11 is 0. The van der Waals surface area contributed by atoms with E-state index in [0.29, 0.717) is 5.56 Å².